The molecule has 0 fully saturated rings. The molecule has 0 bridgehead atoms. The van der Waals surface area contributed by atoms with Gasteiger partial charge in [-0.2, -0.15) is 0 Å². The number of rotatable bonds is 5. The first-order chi connectivity index (χ1) is 12.8. The van der Waals surface area contributed by atoms with Gasteiger partial charge in [0.25, 0.3) is 0 Å². The third-order valence-corrected chi connectivity index (χ3v) is 4.88. The monoisotopic (exact) mass is 378 g/mol. The highest BCUT2D eigenvalue weighted by molar-refractivity contribution is 7.72. The van der Waals surface area contributed by atoms with Gasteiger partial charge in [-0.3, -0.25) is 0 Å². The number of hydrogen-bond donors (Lipinski definition) is 1. The molecule has 0 saturated heterocycles. The predicted molar refractivity (Wildman–Crippen MR) is 113 cm³/mol. The Morgan fingerprint density at radius 2 is 1.15 bits per heavy atom. The topological polar surface area (TPSA) is 43.4 Å². The van der Waals surface area contributed by atoms with E-state index in [1.54, 1.807) is 12.1 Å². The van der Waals surface area contributed by atoms with Gasteiger partial charge < -0.3 is 4.74 Å². The lowest BCUT2D eigenvalue weighted by molar-refractivity contribution is 0.482. The molecule has 0 aliphatic carbocycles. The first-order valence-electron chi connectivity index (χ1n) is 8.92. The summed E-state index contributed by atoms with van der Waals surface area (Å²) in [6.45, 7) is 6.73. The number of ether oxygens (including phenoxy) is 1. The van der Waals surface area contributed by atoms with Gasteiger partial charge in [-0.05, 0) is 47.5 Å². The molecule has 27 heavy (non-hydrogen) atoms. The Hall–Kier alpha value is -2.53. The van der Waals surface area contributed by atoms with Crippen molar-refractivity contribution in [2.75, 3.05) is 0 Å². The SMILES string of the molecule is CC(C)(C)Bc1ccc(-c2ccc(Oc3ccc([SH](=O)=O)cc3)cc2)cc1. The predicted octanol–water partition coefficient (Wildman–Crippen LogP) is 4.40. The van der Waals surface area contributed by atoms with Gasteiger partial charge in [0.2, 0.25) is 0 Å². The third kappa shape index (κ3) is 5.47. The molecule has 3 aromatic carbocycles. The summed E-state index contributed by atoms with van der Waals surface area (Å²) in [6, 6.07) is 22.9. The van der Waals surface area contributed by atoms with Crippen LogP contribution in [-0.4, -0.2) is 15.7 Å². The number of thiol groups is 1. The molecule has 138 valence electrons. The highest BCUT2D eigenvalue weighted by atomic mass is 32.2. The Labute approximate surface area is 163 Å². The smallest absolute Gasteiger partial charge is 0.168 e. The second kappa shape index (κ2) is 8.01. The van der Waals surface area contributed by atoms with E-state index in [1.807, 2.05) is 24.3 Å². The molecule has 3 rings (SSSR count). The fourth-order valence-corrected chi connectivity index (χ4v) is 3.31. The molecule has 0 aliphatic rings. The number of hydrogen-bond acceptors (Lipinski definition) is 3. The molecule has 0 spiro atoms. The van der Waals surface area contributed by atoms with Crippen molar-refractivity contribution in [3.8, 4) is 22.6 Å². The van der Waals surface area contributed by atoms with Crippen LogP contribution in [0.15, 0.2) is 77.7 Å². The third-order valence-electron chi connectivity index (χ3n) is 4.16. The van der Waals surface area contributed by atoms with Crippen LogP contribution < -0.4 is 10.2 Å². The van der Waals surface area contributed by atoms with E-state index in [4.69, 9.17) is 4.74 Å². The van der Waals surface area contributed by atoms with E-state index in [1.165, 1.54) is 23.2 Å². The van der Waals surface area contributed by atoms with Crippen LogP contribution in [0.2, 0.25) is 5.31 Å². The molecule has 0 saturated carbocycles. The zero-order valence-corrected chi connectivity index (χ0v) is 16.7. The minimum Gasteiger partial charge on any atom is -0.457 e. The molecular weight excluding hydrogens is 355 g/mol. The molecular formula is C22H23BO3S. The fourth-order valence-electron chi connectivity index (χ4n) is 2.91. The standard InChI is InChI=1S/C22H23BO3S/c1-22(2,3)23-18-8-4-16(5-9-18)17-6-10-19(11-7-17)26-20-12-14-21(15-13-20)27(24)25/h4-15,23,27H,1-3H3. The summed E-state index contributed by atoms with van der Waals surface area (Å²) in [4.78, 5) is 0.280. The van der Waals surface area contributed by atoms with Crippen molar-refractivity contribution < 1.29 is 13.2 Å². The zero-order chi connectivity index (χ0) is 19.4. The van der Waals surface area contributed by atoms with Crippen molar-refractivity contribution in [1.82, 2.24) is 0 Å². The average molecular weight is 378 g/mol. The molecule has 0 N–H and O–H groups in total. The highest BCUT2D eigenvalue weighted by Gasteiger charge is 2.13. The van der Waals surface area contributed by atoms with E-state index in [2.05, 4.69) is 45.0 Å². The molecule has 0 atom stereocenters. The van der Waals surface area contributed by atoms with Crippen molar-refractivity contribution in [1.29, 1.82) is 0 Å². The lowest BCUT2D eigenvalue weighted by Gasteiger charge is -2.16. The quantitative estimate of drug-likeness (QED) is 0.529. The van der Waals surface area contributed by atoms with Crippen LogP contribution in [0.1, 0.15) is 20.8 Å². The second-order valence-corrected chi connectivity index (χ2v) is 8.84. The minimum atomic E-state index is -2.56. The van der Waals surface area contributed by atoms with Gasteiger partial charge in [-0.25, -0.2) is 8.42 Å². The average Bonchev–Trinajstić information content (AvgIpc) is 2.62. The molecule has 3 nitrogen and oxygen atoms in total. The summed E-state index contributed by atoms with van der Waals surface area (Å²) in [5, 5.41) is 0.280. The molecule has 0 radical (unpaired) electrons. The van der Waals surface area contributed by atoms with Gasteiger partial charge in [0.15, 0.2) is 18.0 Å². The second-order valence-electron chi connectivity index (χ2n) is 7.81. The molecule has 0 amide bonds. The van der Waals surface area contributed by atoms with Crippen LogP contribution in [0.4, 0.5) is 0 Å². The van der Waals surface area contributed by atoms with Crippen molar-refractivity contribution in [2.24, 2.45) is 0 Å². The van der Waals surface area contributed by atoms with Crippen molar-refractivity contribution in [2.45, 2.75) is 31.0 Å². The van der Waals surface area contributed by atoms with Gasteiger partial charge in [0.1, 0.15) is 11.5 Å². The van der Waals surface area contributed by atoms with Crippen LogP contribution in [-0.2, 0) is 10.7 Å². The summed E-state index contributed by atoms with van der Waals surface area (Å²) in [7, 11) is -1.51. The maximum Gasteiger partial charge on any atom is 0.168 e. The Kier molecular flexibility index (Phi) is 5.71. The summed E-state index contributed by atoms with van der Waals surface area (Å²) < 4.78 is 27.6. The van der Waals surface area contributed by atoms with Crippen LogP contribution in [0.3, 0.4) is 0 Å². The normalized spacial score (nSPS) is 11.4. The van der Waals surface area contributed by atoms with E-state index in [0.717, 1.165) is 12.8 Å². The van der Waals surface area contributed by atoms with Gasteiger partial charge in [-0.15, -0.1) is 0 Å². The molecule has 0 aliphatic heterocycles. The molecule has 0 unspecified atom stereocenters. The van der Waals surface area contributed by atoms with Gasteiger partial charge in [0.05, 0.1) is 4.90 Å². The van der Waals surface area contributed by atoms with Crippen molar-refractivity contribution in [3.05, 3.63) is 72.8 Å². The maximum atomic E-state index is 10.9. The van der Waals surface area contributed by atoms with Gasteiger partial charge in [0, 0.05) is 0 Å². The Balaban J connectivity index is 1.69. The van der Waals surface area contributed by atoms with E-state index in [0.29, 0.717) is 11.5 Å². The summed E-state index contributed by atoms with van der Waals surface area (Å²) in [5.74, 6) is 1.32. The van der Waals surface area contributed by atoms with E-state index in [-0.39, 0.29) is 10.2 Å². The van der Waals surface area contributed by atoms with E-state index < -0.39 is 10.7 Å². The lowest BCUT2D eigenvalue weighted by Crippen LogP contribution is -2.22. The minimum absolute atomic E-state index is 0.280. The molecule has 3 aromatic rings. The lowest BCUT2D eigenvalue weighted by atomic mass is 9.51. The van der Waals surface area contributed by atoms with Crippen LogP contribution in [0.25, 0.3) is 11.1 Å². The Morgan fingerprint density at radius 1 is 0.704 bits per heavy atom. The fraction of sp³-hybridized carbons (Fsp3) is 0.182. The van der Waals surface area contributed by atoms with Crippen molar-refractivity contribution >= 4 is 23.4 Å². The highest BCUT2D eigenvalue weighted by Crippen LogP contribution is 2.26. The first kappa shape index (κ1) is 19.2. The summed E-state index contributed by atoms with van der Waals surface area (Å²) in [6.07, 6.45) is 0. The van der Waals surface area contributed by atoms with Crippen LogP contribution in [0, 0.1) is 0 Å². The molecule has 0 aromatic heterocycles. The first-order valence-corrected chi connectivity index (χ1v) is 10.1. The largest absolute Gasteiger partial charge is 0.457 e. The Morgan fingerprint density at radius 3 is 1.59 bits per heavy atom. The van der Waals surface area contributed by atoms with Gasteiger partial charge >= 0.3 is 0 Å². The zero-order valence-electron chi connectivity index (χ0n) is 15.8. The summed E-state index contributed by atoms with van der Waals surface area (Å²) in [5.41, 5.74) is 3.64. The number of benzene rings is 3. The molecule has 5 heteroatoms. The van der Waals surface area contributed by atoms with E-state index in [9.17, 15) is 8.42 Å². The van der Waals surface area contributed by atoms with E-state index >= 15 is 0 Å². The molecule has 0 heterocycles. The van der Waals surface area contributed by atoms with Gasteiger partial charge in [-0.1, -0.05) is 67.9 Å². The maximum absolute atomic E-state index is 10.9. The van der Waals surface area contributed by atoms with Crippen molar-refractivity contribution in [3.63, 3.8) is 0 Å². The van der Waals surface area contributed by atoms with Crippen LogP contribution >= 0.6 is 0 Å². The Bertz CT molecular complexity index is 960. The van der Waals surface area contributed by atoms with Crippen LogP contribution in [0.5, 0.6) is 11.5 Å². The summed E-state index contributed by atoms with van der Waals surface area (Å²) >= 11 is 0.